The molecule has 0 aliphatic carbocycles. The molecule has 0 aliphatic heterocycles. The molecule has 1 heterocycles. The van der Waals surface area contributed by atoms with Gasteiger partial charge in [-0.15, -0.1) is 0 Å². The van der Waals surface area contributed by atoms with E-state index in [0.29, 0.717) is 0 Å². The molecular formula is C17H16N2O3. The summed E-state index contributed by atoms with van der Waals surface area (Å²) in [7, 11) is 0. The van der Waals surface area contributed by atoms with Gasteiger partial charge in [0.05, 0.1) is 17.6 Å². The average molecular weight is 296 g/mol. The van der Waals surface area contributed by atoms with Gasteiger partial charge in [-0.2, -0.15) is 5.10 Å². The predicted molar refractivity (Wildman–Crippen MR) is 84.0 cm³/mol. The van der Waals surface area contributed by atoms with Gasteiger partial charge in [0.15, 0.2) is 0 Å². The van der Waals surface area contributed by atoms with Gasteiger partial charge in [-0.3, -0.25) is 4.79 Å². The third kappa shape index (κ3) is 3.73. The van der Waals surface area contributed by atoms with Gasteiger partial charge in [0.1, 0.15) is 5.75 Å². The molecule has 0 unspecified atom stereocenters. The largest absolute Gasteiger partial charge is 0.507 e. The van der Waals surface area contributed by atoms with Gasteiger partial charge in [-0.1, -0.05) is 30.3 Å². The van der Waals surface area contributed by atoms with Crippen LogP contribution in [0.4, 0.5) is 0 Å². The molecule has 0 atom stereocenters. The van der Waals surface area contributed by atoms with Crippen LogP contribution in [0, 0.1) is 0 Å². The maximum Gasteiger partial charge on any atom is 0.300 e. The second kappa shape index (κ2) is 7.08. The van der Waals surface area contributed by atoms with E-state index < -0.39 is 5.97 Å². The second-order valence-electron chi connectivity index (χ2n) is 4.50. The fourth-order valence-electron chi connectivity index (χ4n) is 1.97. The first-order valence-electron chi connectivity index (χ1n) is 6.67. The fraction of sp³-hybridized carbons (Fsp3) is 0.0588. The van der Waals surface area contributed by atoms with E-state index in [1.54, 1.807) is 12.3 Å². The van der Waals surface area contributed by atoms with Crippen molar-refractivity contribution in [1.82, 2.24) is 9.78 Å². The van der Waals surface area contributed by atoms with E-state index in [9.17, 15) is 5.11 Å². The van der Waals surface area contributed by atoms with Crippen LogP contribution in [0.15, 0.2) is 66.9 Å². The molecule has 0 amide bonds. The highest BCUT2D eigenvalue weighted by Gasteiger charge is 2.10. The topological polar surface area (TPSA) is 75.3 Å². The summed E-state index contributed by atoms with van der Waals surface area (Å²) in [5.74, 6) is -0.574. The highest BCUT2D eigenvalue weighted by molar-refractivity contribution is 5.68. The van der Waals surface area contributed by atoms with Crippen molar-refractivity contribution in [3.8, 4) is 22.7 Å². The molecule has 1 aromatic heterocycles. The van der Waals surface area contributed by atoms with E-state index in [1.807, 2.05) is 59.3 Å². The van der Waals surface area contributed by atoms with Crippen LogP contribution in [-0.2, 0) is 4.79 Å². The van der Waals surface area contributed by atoms with Crippen molar-refractivity contribution < 1.29 is 15.0 Å². The van der Waals surface area contributed by atoms with Crippen molar-refractivity contribution in [1.29, 1.82) is 0 Å². The Labute approximate surface area is 128 Å². The third-order valence-corrected chi connectivity index (χ3v) is 2.82. The zero-order valence-corrected chi connectivity index (χ0v) is 12.0. The van der Waals surface area contributed by atoms with Crippen molar-refractivity contribution >= 4 is 5.97 Å². The van der Waals surface area contributed by atoms with Gasteiger partial charge in [0, 0.05) is 12.5 Å². The SMILES string of the molecule is CC(=O)O.Oc1ccccc1-c1ccnn1-c1ccccc1. The minimum absolute atomic E-state index is 0.259. The number of carboxylic acid groups (broad SMARTS) is 1. The molecule has 0 fully saturated rings. The Morgan fingerprint density at radius 1 is 1.00 bits per heavy atom. The number of rotatable bonds is 2. The van der Waals surface area contributed by atoms with Crippen LogP contribution in [0.5, 0.6) is 5.75 Å². The number of aliphatic carboxylic acids is 1. The molecule has 3 rings (SSSR count). The van der Waals surface area contributed by atoms with Gasteiger partial charge in [-0.25, -0.2) is 4.68 Å². The van der Waals surface area contributed by atoms with Crippen molar-refractivity contribution in [2.75, 3.05) is 0 Å². The Bertz CT molecular complexity index is 747. The van der Waals surface area contributed by atoms with E-state index in [-0.39, 0.29) is 5.75 Å². The lowest BCUT2D eigenvalue weighted by atomic mass is 10.1. The van der Waals surface area contributed by atoms with Crippen molar-refractivity contribution in [2.24, 2.45) is 0 Å². The van der Waals surface area contributed by atoms with E-state index in [4.69, 9.17) is 9.90 Å². The van der Waals surface area contributed by atoms with Gasteiger partial charge in [-0.05, 0) is 30.3 Å². The molecule has 5 heteroatoms. The number of hydrogen-bond acceptors (Lipinski definition) is 3. The highest BCUT2D eigenvalue weighted by Crippen LogP contribution is 2.29. The Morgan fingerprint density at radius 2 is 1.59 bits per heavy atom. The summed E-state index contributed by atoms with van der Waals surface area (Å²) < 4.78 is 1.81. The van der Waals surface area contributed by atoms with Crippen LogP contribution in [0.3, 0.4) is 0 Å². The molecular weight excluding hydrogens is 280 g/mol. The van der Waals surface area contributed by atoms with Gasteiger partial charge in [0.25, 0.3) is 5.97 Å². The van der Waals surface area contributed by atoms with Gasteiger partial charge >= 0.3 is 0 Å². The number of carboxylic acids is 1. The van der Waals surface area contributed by atoms with E-state index >= 15 is 0 Å². The molecule has 22 heavy (non-hydrogen) atoms. The fourth-order valence-corrected chi connectivity index (χ4v) is 1.97. The quantitative estimate of drug-likeness (QED) is 0.760. The summed E-state index contributed by atoms with van der Waals surface area (Å²) in [5, 5.41) is 21.6. The Balaban J connectivity index is 0.000000396. The van der Waals surface area contributed by atoms with Gasteiger partial charge < -0.3 is 10.2 Å². The van der Waals surface area contributed by atoms with Crippen molar-refractivity contribution in [3.05, 3.63) is 66.9 Å². The van der Waals surface area contributed by atoms with Crippen LogP contribution >= 0.6 is 0 Å². The van der Waals surface area contributed by atoms with Crippen LogP contribution in [0.25, 0.3) is 16.9 Å². The van der Waals surface area contributed by atoms with Gasteiger partial charge in [0.2, 0.25) is 0 Å². The number of para-hydroxylation sites is 2. The number of hydrogen-bond donors (Lipinski definition) is 2. The lowest BCUT2D eigenvalue weighted by molar-refractivity contribution is -0.134. The maximum absolute atomic E-state index is 9.91. The number of phenols is 1. The van der Waals surface area contributed by atoms with Crippen LogP contribution in [0.1, 0.15) is 6.92 Å². The molecule has 0 saturated heterocycles. The lowest BCUT2D eigenvalue weighted by Gasteiger charge is -2.08. The Hall–Kier alpha value is -3.08. The van der Waals surface area contributed by atoms with E-state index in [0.717, 1.165) is 23.9 Å². The molecule has 0 saturated carbocycles. The number of nitrogens with zero attached hydrogens (tertiary/aromatic N) is 2. The van der Waals surface area contributed by atoms with Crippen molar-refractivity contribution in [3.63, 3.8) is 0 Å². The average Bonchev–Trinajstić information content (AvgIpc) is 2.97. The zero-order valence-electron chi connectivity index (χ0n) is 12.0. The first-order valence-corrected chi connectivity index (χ1v) is 6.67. The van der Waals surface area contributed by atoms with E-state index in [1.165, 1.54) is 0 Å². The Morgan fingerprint density at radius 3 is 2.23 bits per heavy atom. The standard InChI is InChI=1S/C15H12N2O.C2H4O2/c18-15-9-5-4-8-13(15)14-10-11-16-17(14)12-6-2-1-3-7-12;1-2(3)4/h1-11,18H;1H3,(H,3,4). The van der Waals surface area contributed by atoms with Crippen molar-refractivity contribution in [2.45, 2.75) is 6.92 Å². The molecule has 0 aliphatic rings. The molecule has 0 spiro atoms. The summed E-state index contributed by atoms with van der Waals surface area (Å²) in [6, 6.07) is 19.0. The molecule has 2 N–H and O–H groups in total. The third-order valence-electron chi connectivity index (χ3n) is 2.82. The monoisotopic (exact) mass is 296 g/mol. The molecule has 0 radical (unpaired) electrons. The normalized spacial score (nSPS) is 9.68. The summed E-state index contributed by atoms with van der Waals surface area (Å²) in [5.41, 5.74) is 2.62. The molecule has 112 valence electrons. The number of aromatic hydroxyl groups is 1. The minimum Gasteiger partial charge on any atom is -0.507 e. The highest BCUT2D eigenvalue weighted by atomic mass is 16.4. The molecule has 3 aromatic rings. The molecule has 0 bridgehead atoms. The summed E-state index contributed by atoms with van der Waals surface area (Å²) in [6.45, 7) is 1.08. The molecule has 2 aromatic carbocycles. The number of phenolic OH excluding ortho intramolecular Hbond substituents is 1. The van der Waals surface area contributed by atoms with Crippen LogP contribution in [-0.4, -0.2) is 26.0 Å². The van der Waals surface area contributed by atoms with E-state index in [2.05, 4.69) is 5.10 Å². The Kier molecular flexibility index (Phi) is 4.93. The first-order chi connectivity index (χ1) is 10.6. The lowest BCUT2D eigenvalue weighted by Crippen LogP contribution is -1.98. The number of aromatic nitrogens is 2. The van der Waals surface area contributed by atoms with Crippen LogP contribution < -0.4 is 0 Å². The summed E-state index contributed by atoms with van der Waals surface area (Å²) in [4.78, 5) is 9.00. The number of benzene rings is 2. The predicted octanol–water partition coefficient (Wildman–Crippen LogP) is 3.34. The summed E-state index contributed by atoms with van der Waals surface area (Å²) in [6.07, 6.45) is 1.73. The second-order valence-corrected chi connectivity index (χ2v) is 4.50. The smallest absolute Gasteiger partial charge is 0.300 e. The van der Waals surface area contributed by atoms with Crippen LogP contribution in [0.2, 0.25) is 0 Å². The summed E-state index contributed by atoms with van der Waals surface area (Å²) >= 11 is 0. The molecule has 5 nitrogen and oxygen atoms in total. The number of carbonyl (C=O) groups is 1. The minimum atomic E-state index is -0.833. The maximum atomic E-state index is 9.91. The zero-order chi connectivity index (χ0) is 15.9. The first kappa shape index (κ1) is 15.3.